The van der Waals surface area contributed by atoms with Gasteiger partial charge in [-0.25, -0.2) is 4.57 Å². The van der Waals surface area contributed by atoms with Gasteiger partial charge in [-0.15, -0.1) is 0 Å². The molecule has 310 valence electrons. The van der Waals surface area contributed by atoms with Crippen LogP contribution in [0.3, 0.4) is 0 Å². The summed E-state index contributed by atoms with van der Waals surface area (Å²) in [6, 6.07) is -1.53. The van der Waals surface area contributed by atoms with Crippen molar-refractivity contribution in [2.24, 2.45) is 5.73 Å². The van der Waals surface area contributed by atoms with Crippen molar-refractivity contribution in [3.05, 3.63) is 60.8 Å². The van der Waals surface area contributed by atoms with Crippen LogP contribution in [0.4, 0.5) is 0 Å². The van der Waals surface area contributed by atoms with Gasteiger partial charge >= 0.3 is 25.7 Å². The van der Waals surface area contributed by atoms with Gasteiger partial charge in [-0.2, -0.15) is 0 Å². The zero-order chi connectivity index (χ0) is 40.0. The van der Waals surface area contributed by atoms with Gasteiger partial charge in [0.05, 0.1) is 13.2 Å². The Labute approximate surface area is 326 Å². The first-order valence-electron chi connectivity index (χ1n) is 20.3. The monoisotopic (exact) mass is 781 g/mol. The lowest BCUT2D eigenvalue weighted by molar-refractivity contribution is -0.161. The lowest BCUT2D eigenvalue weighted by Crippen LogP contribution is -2.34. The van der Waals surface area contributed by atoms with Crippen LogP contribution in [0.5, 0.6) is 0 Å². The Morgan fingerprint density at radius 3 is 1.57 bits per heavy atom. The number of ether oxygens (including phenoxy) is 2. The van der Waals surface area contributed by atoms with E-state index in [1.807, 2.05) is 12.2 Å². The summed E-state index contributed by atoms with van der Waals surface area (Å²) < 4.78 is 32.5. The van der Waals surface area contributed by atoms with Crippen LogP contribution in [0.1, 0.15) is 155 Å². The number of phosphoric ester groups is 1. The van der Waals surface area contributed by atoms with E-state index in [-0.39, 0.29) is 19.4 Å². The van der Waals surface area contributed by atoms with Gasteiger partial charge < -0.3 is 25.2 Å². The summed E-state index contributed by atoms with van der Waals surface area (Å²) in [6.45, 7) is 2.67. The second kappa shape index (κ2) is 37.1. The molecule has 1 unspecified atom stereocenters. The first-order chi connectivity index (χ1) is 26.1. The molecule has 0 aliphatic heterocycles. The molecule has 0 saturated carbocycles. The fourth-order valence-corrected chi connectivity index (χ4v) is 5.77. The van der Waals surface area contributed by atoms with Gasteiger partial charge in [0.25, 0.3) is 0 Å². The number of hydrogen-bond acceptors (Lipinski definition) is 9. The van der Waals surface area contributed by atoms with Gasteiger partial charge in [0.2, 0.25) is 0 Å². The predicted molar refractivity (Wildman–Crippen MR) is 217 cm³/mol. The zero-order valence-electron chi connectivity index (χ0n) is 33.3. The van der Waals surface area contributed by atoms with Crippen LogP contribution in [0.15, 0.2) is 60.8 Å². The summed E-state index contributed by atoms with van der Waals surface area (Å²) in [7, 11) is -4.73. The second-order valence-electron chi connectivity index (χ2n) is 13.4. The molecule has 0 amide bonds. The normalized spacial score (nSPS) is 14.4. The molecule has 54 heavy (non-hydrogen) atoms. The van der Waals surface area contributed by atoms with Gasteiger partial charge in [-0.05, 0) is 77.0 Å². The van der Waals surface area contributed by atoms with E-state index in [1.54, 1.807) is 0 Å². The Bertz CT molecular complexity index is 1150. The van der Waals surface area contributed by atoms with Crippen LogP contribution < -0.4 is 5.73 Å². The van der Waals surface area contributed by atoms with E-state index in [9.17, 15) is 23.8 Å². The maximum Gasteiger partial charge on any atom is 0.472 e. The summed E-state index contributed by atoms with van der Waals surface area (Å²) in [5.41, 5.74) is 5.32. The highest BCUT2D eigenvalue weighted by molar-refractivity contribution is 7.47. The van der Waals surface area contributed by atoms with Gasteiger partial charge in [0, 0.05) is 12.8 Å². The number of carbonyl (C=O) groups is 3. The fourth-order valence-electron chi connectivity index (χ4n) is 4.99. The highest BCUT2D eigenvalue weighted by Crippen LogP contribution is 2.43. The molecule has 4 N–H and O–H groups in total. The van der Waals surface area contributed by atoms with Gasteiger partial charge in [-0.3, -0.25) is 23.4 Å². The van der Waals surface area contributed by atoms with Crippen molar-refractivity contribution < 1.29 is 47.5 Å². The van der Waals surface area contributed by atoms with Gasteiger partial charge in [-0.1, -0.05) is 126 Å². The lowest BCUT2D eigenvalue weighted by Gasteiger charge is -2.20. The van der Waals surface area contributed by atoms with E-state index in [0.717, 1.165) is 64.2 Å². The third kappa shape index (κ3) is 36.2. The SMILES string of the molecule is CCCCCC=CCC=CCC=CCC=CCCCC(=O)O[C@H](COC(=O)CCCCCCCC=CCCCCCC)COP(=O)(O)OC[C@H](N)C(=O)O. The molecule has 12 heteroatoms. The quantitative estimate of drug-likeness (QED) is 0.0237. The van der Waals surface area contributed by atoms with Gasteiger partial charge in [0.1, 0.15) is 12.6 Å². The number of carboxylic acid groups (broad SMARTS) is 1. The number of allylic oxidation sites excluding steroid dienone is 10. The molecule has 0 aliphatic rings. The molecule has 11 nitrogen and oxygen atoms in total. The van der Waals surface area contributed by atoms with E-state index >= 15 is 0 Å². The number of unbranched alkanes of at least 4 members (excludes halogenated alkanes) is 13. The molecule has 3 atom stereocenters. The Morgan fingerprint density at radius 2 is 1.00 bits per heavy atom. The topological polar surface area (TPSA) is 172 Å². The molecule has 0 aromatic rings. The molecule has 0 heterocycles. The first kappa shape index (κ1) is 51.2. The smallest absolute Gasteiger partial charge is 0.472 e. The molecular weight excluding hydrogens is 709 g/mol. The number of rotatable bonds is 37. The minimum absolute atomic E-state index is 0.0813. The average Bonchev–Trinajstić information content (AvgIpc) is 3.14. The molecule has 0 rings (SSSR count). The largest absolute Gasteiger partial charge is 0.480 e. The standard InChI is InChI=1S/C42H72NO10P/c1-3-5-7-9-11-13-15-17-18-19-20-22-24-26-28-30-32-34-41(45)53-38(36-51-54(48,49)52-37-39(43)42(46)47)35-50-40(44)33-31-29-27-25-23-21-16-14-12-10-8-6-4-2/h11,13-14,16-18,20,22,26,28,38-39H,3-10,12,15,19,21,23-25,27,29-37,43H2,1-2H3,(H,46,47)(H,48,49)/t38-,39+/m1/s1. The molecule has 0 aromatic carbocycles. The van der Waals surface area contributed by atoms with Crippen molar-refractivity contribution in [3.63, 3.8) is 0 Å². The van der Waals surface area contributed by atoms with Crippen LogP contribution in [0.2, 0.25) is 0 Å². The Hall–Kier alpha value is -2.82. The lowest BCUT2D eigenvalue weighted by atomic mass is 10.1. The highest BCUT2D eigenvalue weighted by atomic mass is 31.2. The molecule has 0 aromatic heterocycles. The maximum absolute atomic E-state index is 12.6. The second-order valence-corrected chi connectivity index (χ2v) is 14.9. The third-order valence-corrected chi connectivity index (χ3v) is 9.19. The Kier molecular flexibility index (Phi) is 35.2. The number of hydrogen-bond donors (Lipinski definition) is 3. The van der Waals surface area contributed by atoms with Crippen molar-refractivity contribution in [1.82, 2.24) is 0 Å². The summed E-state index contributed by atoms with van der Waals surface area (Å²) in [5.74, 6) is -2.47. The molecule has 0 spiro atoms. The van der Waals surface area contributed by atoms with Crippen molar-refractivity contribution in [1.29, 1.82) is 0 Å². The zero-order valence-corrected chi connectivity index (χ0v) is 34.2. The summed E-state index contributed by atoms with van der Waals surface area (Å²) in [6.07, 6.45) is 41.5. The van der Waals surface area contributed by atoms with E-state index in [4.69, 9.17) is 24.8 Å². The average molecular weight is 782 g/mol. The predicted octanol–water partition coefficient (Wildman–Crippen LogP) is 10.4. The number of nitrogens with two attached hydrogens (primary N) is 1. The number of carboxylic acids is 1. The molecule has 0 bridgehead atoms. The number of phosphoric acid groups is 1. The number of carbonyl (C=O) groups excluding carboxylic acids is 2. The summed E-state index contributed by atoms with van der Waals surface area (Å²) in [4.78, 5) is 45.8. The first-order valence-corrected chi connectivity index (χ1v) is 21.8. The third-order valence-electron chi connectivity index (χ3n) is 8.24. The Balaban J connectivity index is 4.54. The minimum atomic E-state index is -4.73. The van der Waals surface area contributed by atoms with Gasteiger partial charge in [0.15, 0.2) is 6.10 Å². The van der Waals surface area contributed by atoms with Crippen LogP contribution in [-0.2, 0) is 37.5 Å². The van der Waals surface area contributed by atoms with Crippen LogP contribution in [-0.4, -0.2) is 59.9 Å². The molecule has 0 saturated heterocycles. The van der Waals surface area contributed by atoms with Crippen LogP contribution >= 0.6 is 7.82 Å². The van der Waals surface area contributed by atoms with Crippen LogP contribution in [0.25, 0.3) is 0 Å². The summed E-state index contributed by atoms with van der Waals surface area (Å²) in [5, 5.41) is 8.87. The van der Waals surface area contributed by atoms with E-state index in [0.29, 0.717) is 19.3 Å². The highest BCUT2D eigenvalue weighted by Gasteiger charge is 2.28. The van der Waals surface area contributed by atoms with Crippen LogP contribution in [0, 0.1) is 0 Å². The minimum Gasteiger partial charge on any atom is -0.480 e. The summed E-state index contributed by atoms with van der Waals surface area (Å²) >= 11 is 0. The van der Waals surface area contributed by atoms with Crippen molar-refractivity contribution in [2.75, 3.05) is 19.8 Å². The van der Waals surface area contributed by atoms with Crippen molar-refractivity contribution >= 4 is 25.7 Å². The van der Waals surface area contributed by atoms with E-state index in [1.165, 1.54) is 44.9 Å². The van der Waals surface area contributed by atoms with E-state index in [2.05, 4.69) is 67.0 Å². The maximum atomic E-state index is 12.6. The van der Waals surface area contributed by atoms with Crippen molar-refractivity contribution in [3.8, 4) is 0 Å². The molecule has 0 aliphatic carbocycles. The van der Waals surface area contributed by atoms with E-state index < -0.39 is 51.1 Å². The fraction of sp³-hybridized carbons (Fsp3) is 0.690. The van der Waals surface area contributed by atoms with Crippen molar-refractivity contribution in [2.45, 2.75) is 167 Å². The number of aliphatic carboxylic acids is 1. The Morgan fingerprint density at radius 1 is 0.574 bits per heavy atom. The molecule has 0 fully saturated rings. The number of esters is 2. The molecule has 0 radical (unpaired) electrons. The molecular formula is C42H72NO10P.